The summed E-state index contributed by atoms with van der Waals surface area (Å²) < 4.78 is 0. The van der Waals surface area contributed by atoms with Gasteiger partial charge in [-0.15, -0.1) is 11.3 Å². The fourth-order valence-corrected chi connectivity index (χ4v) is 3.15. The van der Waals surface area contributed by atoms with Crippen LogP contribution in [0.5, 0.6) is 0 Å². The van der Waals surface area contributed by atoms with Gasteiger partial charge in [-0.2, -0.15) is 0 Å². The number of carbonyl (C=O) groups excluding carboxylic acids is 1. The molecular formula is C17H19N3OS. The predicted octanol–water partition coefficient (Wildman–Crippen LogP) is 2.81. The largest absolute Gasteiger partial charge is 0.340 e. The van der Waals surface area contributed by atoms with Gasteiger partial charge in [-0.25, -0.2) is 0 Å². The van der Waals surface area contributed by atoms with Crippen LogP contribution in [0, 0.1) is 0 Å². The molecule has 3 heterocycles. The van der Waals surface area contributed by atoms with Gasteiger partial charge in [0.2, 0.25) is 5.91 Å². The van der Waals surface area contributed by atoms with Gasteiger partial charge in [0.25, 0.3) is 0 Å². The summed E-state index contributed by atoms with van der Waals surface area (Å²) in [6.07, 6.45) is 5.99. The minimum atomic E-state index is 0.134. The first-order chi connectivity index (χ1) is 10.7. The molecule has 0 aromatic carbocycles. The zero-order valence-corrected chi connectivity index (χ0v) is 13.3. The van der Waals surface area contributed by atoms with Crippen molar-refractivity contribution in [1.82, 2.24) is 15.2 Å². The Morgan fingerprint density at radius 2 is 2.32 bits per heavy atom. The number of nitrogens with one attached hydrogen (secondary N) is 1. The van der Waals surface area contributed by atoms with E-state index < -0.39 is 0 Å². The van der Waals surface area contributed by atoms with Crippen molar-refractivity contribution in [2.75, 3.05) is 19.6 Å². The Hall–Kier alpha value is -1.98. The average molecular weight is 313 g/mol. The van der Waals surface area contributed by atoms with E-state index in [9.17, 15) is 4.79 Å². The van der Waals surface area contributed by atoms with E-state index in [-0.39, 0.29) is 11.9 Å². The molecule has 1 saturated heterocycles. The maximum Gasteiger partial charge on any atom is 0.219 e. The van der Waals surface area contributed by atoms with Crippen molar-refractivity contribution in [2.45, 2.75) is 13.0 Å². The lowest BCUT2D eigenvalue weighted by Crippen LogP contribution is -2.47. The minimum Gasteiger partial charge on any atom is -0.340 e. The van der Waals surface area contributed by atoms with Gasteiger partial charge in [-0.05, 0) is 35.2 Å². The summed E-state index contributed by atoms with van der Waals surface area (Å²) in [5.74, 6) is 0.134. The highest BCUT2D eigenvalue weighted by Crippen LogP contribution is 2.18. The first kappa shape index (κ1) is 14.9. The summed E-state index contributed by atoms with van der Waals surface area (Å²) in [7, 11) is 0. The Morgan fingerprint density at radius 3 is 3.00 bits per heavy atom. The maximum absolute atomic E-state index is 11.5. The number of piperazine rings is 1. The molecule has 1 N–H and O–H groups in total. The highest BCUT2D eigenvalue weighted by atomic mass is 32.1. The molecule has 1 aliphatic rings. The van der Waals surface area contributed by atoms with Crippen molar-refractivity contribution in [3.8, 4) is 0 Å². The monoisotopic (exact) mass is 313 g/mol. The van der Waals surface area contributed by atoms with E-state index >= 15 is 0 Å². The molecule has 22 heavy (non-hydrogen) atoms. The van der Waals surface area contributed by atoms with Gasteiger partial charge >= 0.3 is 0 Å². The van der Waals surface area contributed by atoms with Crippen molar-refractivity contribution in [1.29, 1.82) is 0 Å². The van der Waals surface area contributed by atoms with Gasteiger partial charge in [0.05, 0.1) is 11.7 Å². The molecule has 0 spiro atoms. The Balaban J connectivity index is 1.67. The fourth-order valence-electron chi connectivity index (χ4n) is 2.53. The van der Waals surface area contributed by atoms with E-state index in [1.807, 2.05) is 29.3 Å². The second kappa shape index (κ2) is 6.85. The number of thiophene rings is 1. The first-order valence-corrected chi connectivity index (χ1v) is 8.27. The van der Waals surface area contributed by atoms with Crippen LogP contribution in [-0.4, -0.2) is 35.4 Å². The highest BCUT2D eigenvalue weighted by Gasteiger charge is 2.22. The Bertz CT molecular complexity index is 649. The van der Waals surface area contributed by atoms with E-state index in [4.69, 9.17) is 0 Å². The Kier molecular flexibility index (Phi) is 4.65. The molecule has 0 aliphatic carbocycles. The standard InChI is InChI=1S/C17H19N3OS/c1-13(21)20-9-8-18-17(12-20)14-4-5-15(19-11-14)6-7-16-3-2-10-22-16/h2-7,10-11,17-18H,8-9,12H2,1H3. The van der Waals surface area contributed by atoms with Crippen LogP contribution in [0.25, 0.3) is 12.2 Å². The summed E-state index contributed by atoms with van der Waals surface area (Å²) >= 11 is 1.71. The third-order valence-electron chi connectivity index (χ3n) is 3.79. The zero-order valence-electron chi connectivity index (χ0n) is 12.5. The Labute approximate surface area is 134 Å². The van der Waals surface area contributed by atoms with Crippen molar-refractivity contribution in [3.05, 3.63) is 52.0 Å². The van der Waals surface area contributed by atoms with Crippen molar-refractivity contribution >= 4 is 29.4 Å². The molecule has 0 radical (unpaired) electrons. The molecule has 1 unspecified atom stereocenters. The molecule has 1 amide bonds. The van der Waals surface area contributed by atoms with Crippen LogP contribution in [0.4, 0.5) is 0 Å². The summed E-state index contributed by atoms with van der Waals surface area (Å²) in [5, 5.41) is 5.51. The normalized spacial score (nSPS) is 18.8. The van der Waals surface area contributed by atoms with Crippen molar-refractivity contribution in [3.63, 3.8) is 0 Å². The van der Waals surface area contributed by atoms with Crippen LogP contribution in [0.1, 0.15) is 29.1 Å². The number of aromatic nitrogens is 1. The molecule has 0 bridgehead atoms. The van der Waals surface area contributed by atoms with Gasteiger partial charge in [0.1, 0.15) is 0 Å². The van der Waals surface area contributed by atoms with Crippen LogP contribution in [0.2, 0.25) is 0 Å². The molecule has 3 rings (SSSR count). The second-order valence-corrected chi connectivity index (χ2v) is 6.32. The quantitative estimate of drug-likeness (QED) is 0.948. The SMILES string of the molecule is CC(=O)N1CCNC(c2ccc(C=Cc3cccs3)nc2)C1. The number of nitrogens with zero attached hydrogens (tertiary/aromatic N) is 2. The number of pyridine rings is 1. The molecule has 1 aliphatic heterocycles. The van der Waals surface area contributed by atoms with Gasteiger partial charge in [-0.3, -0.25) is 9.78 Å². The maximum atomic E-state index is 11.5. The molecule has 1 fully saturated rings. The molecule has 0 saturated carbocycles. The molecule has 4 nitrogen and oxygen atoms in total. The summed E-state index contributed by atoms with van der Waals surface area (Å²) in [6.45, 7) is 3.94. The van der Waals surface area contributed by atoms with Crippen LogP contribution in [0.15, 0.2) is 35.8 Å². The number of amides is 1. The fraction of sp³-hybridized carbons (Fsp3) is 0.294. The van der Waals surface area contributed by atoms with Crippen molar-refractivity contribution < 1.29 is 4.79 Å². The lowest BCUT2D eigenvalue weighted by atomic mass is 10.1. The number of hydrogen-bond donors (Lipinski definition) is 1. The third kappa shape index (κ3) is 3.61. The lowest BCUT2D eigenvalue weighted by Gasteiger charge is -2.33. The van der Waals surface area contributed by atoms with E-state index in [0.29, 0.717) is 6.54 Å². The Morgan fingerprint density at radius 1 is 1.41 bits per heavy atom. The van der Waals surface area contributed by atoms with E-state index in [1.165, 1.54) is 4.88 Å². The summed E-state index contributed by atoms with van der Waals surface area (Å²) in [4.78, 5) is 19.1. The number of carbonyl (C=O) groups is 1. The van der Waals surface area contributed by atoms with Crippen LogP contribution in [0.3, 0.4) is 0 Å². The van der Waals surface area contributed by atoms with E-state index in [2.05, 4.69) is 33.9 Å². The van der Waals surface area contributed by atoms with Crippen LogP contribution in [-0.2, 0) is 4.79 Å². The molecule has 114 valence electrons. The van der Waals surface area contributed by atoms with E-state index in [0.717, 1.165) is 24.3 Å². The van der Waals surface area contributed by atoms with Gasteiger partial charge in [-0.1, -0.05) is 12.1 Å². The van der Waals surface area contributed by atoms with Gasteiger partial charge < -0.3 is 10.2 Å². The molecule has 1 atom stereocenters. The average Bonchev–Trinajstić information content (AvgIpc) is 3.07. The van der Waals surface area contributed by atoms with Gasteiger partial charge in [0, 0.05) is 37.6 Å². The minimum absolute atomic E-state index is 0.134. The van der Waals surface area contributed by atoms with Crippen molar-refractivity contribution in [2.24, 2.45) is 0 Å². The molecule has 2 aromatic rings. The van der Waals surface area contributed by atoms with Gasteiger partial charge in [0.15, 0.2) is 0 Å². The topological polar surface area (TPSA) is 45.2 Å². The zero-order chi connectivity index (χ0) is 15.4. The van der Waals surface area contributed by atoms with Crippen LogP contribution < -0.4 is 5.32 Å². The van der Waals surface area contributed by atoms with E-state index in [1.54, 1.807) is 18.3 Å². The predicted molar refractivity (Wildman–Crippen MR) is 90.5 cm³/mol. The number of rotatable bonds is 3. The summed E-state index contributed by atoms with van der Waals surface area (Å²) in [6, 6.07) is 8.39. The first-order valence-electron chi connectivity index (χ1n) is 7.39. The highest BCUT2D eigenvalue weighted by molar-refractivity contribution is 7.10. The second-order valence-electron chi connectivity index (χ2n) is 5.34. The smallest absolute Gasteiger partial charge is 0.219 e. The summed E-state index contributed by atoms with van der Waals surface area (Å²) in [5.41, 5.74) is 2.07. The lowest BCUT2D eigenvalue weighted by molar-refractivity contribution is -0.130. The van der Waals surface area contributed by atoms with Crippen LogP contribution >= 0.6 is 11.3 Å². The molecule has 2 aromatic heterocycles. The third-order valence-corrected chi connectivity index (χ3v) is 4.63. The number of hydrogen-bond acceptors (Lipinski definition) is 4. The molecular weight excluding hydrogens is 294 g/mol. The molecule has 5 heteroatoms.